The van der Waals surface area contributed by atoms with Crippen molar-refractivity contribution in [3.05, 3.63) is 46.4 Å². The third kappa shape index (κ3) is 3.71. The second-order valence-electron chi connectivity index (χ2n) is 4.18. The molecule has 0 atom stereocenters. The third-order valence-corrected chi connectivity index (χ3v) is 3.82. The number of anilines is 1. The van der Waals surface area contributed by atoms with Gasteiger partial charge in [-0.15, -0.1) is 12.6 Å². The Labute approximate surface area is 137 Å². The molecule has 0 bridgehead atoms. The Morgan fingerprint density at radius 3 is 2.57 bits per heavy atom. The number of amides is 1. The van der Waals surface area contributed by atoms with E-state index in [2.05, 4.69) is 33.9 Å². The molecule has 0 aliphatic heterocycles. The molecule has 0 unspecified atom stereocenters. The molecule has 0 aromatic heterocycles. The van der Waals surface area contributed by atoms with Gasteiger partial charge in [-0.3, -0.25) is 4.79 Å². The van der Waals surface area contributed by atoms with Gasteiger partial charge in [0.15, 0.2) is 0 Å². The molecule has 0 heterocycles. The van der Waals surface area contributed by atoms with E-state index < -0.39 is 0 Å². The summed E-state index contributed by atoms with van der Waals surface area (Å²) in [7, 11) is 3.11. The van der Waals surface area contributed by atoms with E-state index in [0.29, 0.717) is 32.1 Å². The maximum Gasteiger partial charge on any atom is 0.256 e. The fourth-order valence-electron chi connectivity index (χ4n) is 1.79. The van der Waals surface area contributed by atoms with Gasteiger partial charge in [-0.2, -0.15) is 0 Å². The topological polar surface area (TPSA) is 47.6 Å². The highest BCUT2D eigenvalue weighted by atomic mass is 79.9. The number of benzene rings is 2. The lowest BCUT2D eigenvalue weighted by Crippen LogP contribution is -2.13. The van der Waals surface area contributed by atoms with Gasteiger partial charge >= 0.3 is 0 Å². The third-order valence-electron chi connectivity index (χ3n) is 2.85. The first kappa shape index (κ1) is 15.7. The Morgan fingerprint density at radius 2 is 1.90 bits per heavy atom. The van der Waals surface area contributed by atoms with Gasteiger partial charge in [0.25, 0.3) is 5.91 Å². The van der Waals surface area contributed by atoms with Crippen LogP contribution in [0.15, 0.2) is 45.8 Å². The van der Waals surface area contributed by atoms with Gasteiger partial charge in [-0.05, 0) is 46.3 Å². The van der Waals surface area contributed by atoms with Crippen LogP contribution >= 0.6 is 28.6 Å². The lowest BCUT2D eigenvalue weighted by molar-refractivity contribution is 0.102. The van der Waals surface area contributed by atoms with Crippen molar-refractivity contribution in [1.29, 1.82) is 0 Å². The van der Waals surface area contributed by atoms with Crippen LogP contribution in [0.1, 0.15) is 10.4 Å². The number of halogens is 1. The Kier molecular flexibility index (Phi) is 5.14. The summed E-state index contributed by atoms with van der Waals surface area (Å²) in [5.74, 6) is 0.930. The SMILES string of the molecule is COc1ccc(OC)c(NC(=O)c2cc(S)ccc2Br)c1. The van der Waals surface area contributed by atoms with Crippen LogP contribution in [-0.2, 0) is 0 Å². The predicted molar refractivity (Wildman–Crippen MR) is 88.9 cm³/mol. The molecule has 2 aromatic carbocycles. The van der Waals surface area contributed by atoms with Crippen molar-refractivity contribution in [2.75, 3.05) is 19.5 Å². The maximum absolute atomic E-state index is 12.4. The van der Waals surface area contributed by atoms with Crippen molar-refractivity contribution in [1.82, 2.24) is 0 Å². The normalized spacial score (nSPS) is 10.1. The van der Waals surface area contributed by atoms with E-state index in [1.165, 1.54) is 0 Å². The highest BCUT2D eigenvalue weighted by Gasteiger charge is 2.14. The van der Waals surface area contributed by atoms with Crippen LogP contribution in [0.5, 0.6) is 11.5 Å². The number of hydrogen-bond donors (Lipinski definition) is 2. The predicted octanol–water partition coefficient (Wildman–Crippen LogP) is 4.01. The van der Waals surface area contributed by atoms with Crippen LogP contribution in [0.2, 0.25) is 0 Å². The Balaban J connectivity index is 2.32. The van der Waals surface area contributed by atoms with Gasteiger partial charge in [0.1, 0.15) is 11.5 Å². The Hall–Kier alpha value is -1.66. The molecule has 110 valence electrons. The van der Waals surface area contributed by atoms with Crippen LogP contribution in [0, 0.1) is 0 Å². The van der Waals surface area contributed by atoms with Crippen molar-refractivity contribution < 1.29 is 14.3 Å². The maximum atomic E-state index is 12.4. The van der Waals surface area contributed by atoms with Gasteiger partial charge in [0.05, 0.1) is 25.5 Å². The number of thiol groups is 1. The molecule has 6 heteroatoms. The number of hydrogen-bond acceptors (Lipinski definition) is 4. The van der Waals surface area contributed by atoms with Crippen molar-refractivity contribution in [3.63, 3.8) is 0 Å². The molecule has 0 saturated heterocycles. The molecule has 2 aromatic rings. The van der Waals surface area contributed by atoms with Crippen molar-refractivity contribution in [2.24, 2.45) is 0 Å². The van der Waals surface area contributed by atoms with Gasteiger partial charge in [-0.25, -0.2) is 0 Å². The molecule has 0 aliphatic rings. The summed E-state index contributed by atoms with van der Waals surface area (Å²) < 4.78 is 11.1. The minimum Gasteiger partial charge on any atom is -0.497 e. The second kappa shape index (κ2) is 6.87. The number of carbonyl (C=O) groups excluding carboxylic acids is 1. The average Bonchev–Trinajstić information content (AvgIpc) is 2.49. The van der Waals surface area contributed by atoms with Gasteiger partial charge < -0.3 is 14.8 Å². The highest BCUT2D eigenvalue weighted by Crippen LogP contribution is 2.30. The molecule has 0 spiro atoms. The van der Waals surface area contributed by atoms with Crippen LogP contribution in [0.4, 0.5) is 5.69 Å². The summed E-state index contributed by atoms with van der Waals surface area (Å²) in [5, 5.41) is 2.81. The summed E-state index contributed by atoms with van der Waals surface area (Å²) in [6.45, 7) is 0. The summed E-state index contributed by atoms with van der Waals surface area (Å²) >= 11 is 7.60. The first-order chi connectivity index (χ1) is 10.0. The molecule has 21 heavy (non-hydrogen) atoms. The van der Waals surface area contributed by atoms with Gasteiger partial charge in [-0.1, -0.05) is 0 Å². The van der Waals surface area contributed by atoms with Gasteiger partial charge in [0, 0.05) is 15.4 Å². The second-order valence-corrected chi connectivity index (χ2v) is 5.56. The summed E-state index contributed by atoms with van der Waals surface area (Å²) in [6.07, 6.45) is 0. The zero-order valence-corrected chi connectivity index (χ0v) is 14.0. The first-order valence-corrected chi connectivity index (χ1v) is 7.31. The monoisotopic (exact) mass is 367 g/mol. The zero-order valence-electron chi connectivity index (χ0n) is 11.5. The molecule has 1 amide bonds. The molecule has 0 radical (unpaired) electrons. The molecule has 0 saturated carbocycles. The highest BCUT2D eigenvalue weighted by molar-refractivity contribution is 9.10. The standard InChI is InChI=1S/C15H14BrNO3S/c1-19-9-3-6-14(20-2)13(7-9)17-15(18)11-8-10(21)4-5-12(11)16/h3-8,21H,1-2H3,(H,17,18). The molecular formula is C15H14BrNO3S. The molecule has 1 N–H and O–H groups in total. The smallest absolute Gasteiger partial charge is 0.256 e. The van der Waals surface area contributed by atoms with Crippen LogP contribution in [0.3, 0.4) is 0 Å². The molecule has 2 rings (SSSR count). The first-order valence-electron chi connectivity index (χ1n) is 6.07. The lowest BCUT2D eigenvalue weighted by Gasteiger charge is -2.12. The quantitative estimate of drug-likeness (QED) is 0.802. The Morgan fingerprint density at radius 1 is 1.14 bits per heavy atom. The lowest BCUT2D eigenvalue weighted by atomic mass is 10.2. The van der Waals surface area contributed by atoms with E-state index in [-0.39, 0.29) is 5.91 Å². The largest absolute Gasteiger partial charge is 0.497 e. The fourth-order valence-corrected chi connectivity index (χ4v) is 2.42. The summed E-state index contributed by atoms with van der Waals surface area (Å²) in [5.41, 5.74) is 1.03. The molecule has 0 aliphatic carbocycles. The summed E-state index contributed by atoms with van der Waals surface area (Å²) in [4.78, 5) is 13.1. The minimum atomic E-state index is -0.260. The zero-order chi connectivity index (χ0) is 15.4. The van der Waals surface area contributed by atoms with Crippen molar-refractivity contribution >= 4 is 40.2 Å². The molecule has 0 fully saturated rings. The minimum absolute atomic E-state index is 0.260. The van der Waals surface area contributed by atoms with Crippen molar-refractivity contribution in [2.45, 2.75) is 4.90 Å². The fraction of sp³-hybridized carbons (Fsp3) is 0.133. The van der Waals surface area contributed by atoms with E-state index >= 15 is 0 Å². The van der Waals surface area contributed by atoms with Crippen LogP contribution in [0.25, 0.3) is 0 Å². The molecule has 4 nitrogen and oxygen atoms in total. The number of rotatable bonds is 4. The van der Waals surface area contributed by atoms with E-state index in [9.17, 15) is 4.79 Å². The van der Waals surface area contributed by atoms with E-state index in [0.717, 1.165) is 0 Å². The van der Waals surface area contributed by atoms with Crippen LogP contribution < -0.4 is 14.8 Å². The van der Waals surface area contributed by atoms with Gasteiger partial charge in [0.2, 0.25) is 0 Å². The van der Waals surface area contributed by atoms with Crippen molar-refractivity contribution in [3.8, 4) is 11.5 Å². The van der Waals surface area contributed by atoms with E-state index in [1.54, 1.807) is 50.6 Å². The number of methoxy groups -OCH3 is 2. The average molecular weight is 368 g/mol. The number of carbonyl (C=O) groups is 1. The number of ether oxygens (including phenoxy) is 2. The number of nitrogens with one attached hydrogen (secondary N) is 1. The van der Waals surface area contributed by atoms with E-state index in [1.807, 2.05) is 0 Å². The summed E-state index contributed by atoms with van der Waals surface area (Å²) in [6, 6.07) is 10.5. The van der Waals surface area contributed by atoms with Crippen LogP contribution in [-0.4, -0.2) is 20.1 Å². The van der Waals surface area contributed by atoms with E-state index in [4.69, 9.17) is 9.47 Å². The Bertz CT molecular complexity index is 676. The molecular weight excluding hydrogens is 354 g/mol.